The van der Waals surface area contributed by atoms with Gasteiger partial charge in [0.15, 0.2) is 0 Å². The Morgan fingerprint density at radius 2 is 1.57 bits per heavy atom. The fraction of sp³-hybridized carbons (Fsp3) is 0.500. The molecule has 0 spiro atoms. The number of hydrogen-bond acceptors (Lipinski definition) is 1. The molecular formula is C26H36O2. The first kappa shape index (κ1) is 22.2. The van der Waals surface area contributed by atoms with Gasteiger partial charge in [0.2, 0.25) is 0 Å². The molecule has 0 aliphatic heterocycles. The first-order valence-electron chi connectivity index (χ1n) is 10.9. The van der Waals surface area contributed by atoms with Gasteiger partial charge in [0.05, 0.1) is 5.56 Å². The topological polar surface area (TPSA) is 37.3 Å². The van der Waals surface area contributed by atoms with E-state index in [0.29, 0.717) is 5.56 Å². The van der Waals surface area contributed by atoms with E-state index < -0.39 is 5.97 Å². The SMILES string of the molecule is CCCCCCC(C)(CCCC)Cc1cc(C(=O)O)ccc1-c1ccccc1. The molecule has 0 aromatic heterocycles. The van der Waals surface area contributed by atoms with E-state index in [0.717, 1.165) is 6.42 Å². The van der Waals surface area contributed by atoms with Crippen LogP contribution in [0.5, 0.6) is 0 Å². The van der Waals surface area contributed by atoms with Crippen molar-refractivity contribution < 1.29 is 9.90 Å². The maximum absolute atomic E-state index is 11.6. The maximum atomic E-state index is 11.6. The molecule has 28 heavy (non-hydrogen) atoms. The molecule has 0 saturated carbocycles. The summed E-state index contributed by atoms with van der Waals surface area (Å²) in [4.78, 5) is 11.6. The summed E-state index contributed by atoms with van der Waals surface area (Å²) in [5.74, 6) is -0.848. The van der Waals surface area contributed by atoms with E-state index in [9.17, 15) is 9.90 Å². The summed E-state index contributed by atoms with van der Waals surface area (Å²) in [5.41, 5.74) is 4.10. The summed E-state index contributed by atoms with van der Waals surface area (Å²) in [6.07, 6.45) is 10.9. The predicted molar refractivity (Wildman–Crippen MR) is 119 cm³/mol. The van der Waals surface area contributed by atoms with Crippen molar-refractivity contribution in [3.63, 3.8) is 0 Å². The zero-order chi connectivity index (χ0) is 20.4. The van der Waals surface area contributed by atoms with Gasteiger partial charge in [-0.25, -0.2) is 4.79 Å². The number of unbranched alkanes of at least 4 members (excludes halogenated alkanes) is 4. The predicted octanol–water partition coefficient (Wildman–Crippen LogP) is 7.76. The van der Waals surface area contributed by atoms with E-state index in [1.165, 1.54) is 68.1 Å². The van der Waals surface area contributed by atoms with Crippen LogP contribution in [0.3, 0.4) is 0 Å². The minimum atomic E-state index is -0.848. The number of carboxylic acid groups (broad SMARTS) is 1. The molecule has 0 aliphatic carbocycles. The smallest absolute Gasteiger partial charge is 0.335 e. The van der Waals surface area contributed by atoms with Gasteiger partial charge in [-0.2, -0.15) is 0 Å². The molecule has 2 heteroatoms. The van der Waals surface area contributed by atoms with Crippen LogP contribution in [0.15, 0.2) is 48.5 Å². The van der Waals surface area contributed by atoms with Gasteiger partial charge in [-0.3, -0.25) is 0 Å². The first-order valence-corrected chi connectivity index (χ1v) is 10.9. The zero-order valence-corrected chi connectivity index (χ0v) is 17.8. The Morgan fingerprint density at radius 1 is 0.893 bits per heavy atom. The Hall–Kier alpha value is -2.09. The highest BCUT2D eigenvalue weighted by Gasteiger charge is 2.25. The van der Waals surface area contributed by atoms with Crippen LogP contribution in [0.1, 0.15) is 88.1 Å². The fourth-order valence-electron chi connectivity index (χ4n) is 4.12. The summed E-state index contributed by atoms with van der Waals surface area (Å²) in [7, 11) is 0. The summed E-state index contributed by atoms with van der Waals surface area (Å²) in [6, 6.07) is 16.0. The molecule has 0 radical (unpaired) electrons. The third-order valence-corrected chi connectivity index (χ3v) is 5.82. The Bertz CT molecular complexity index is 735. The van der Waals surface area contributed by atoms with Gasteiger partial charge in [0.1, 0.15) is 0 Å². The molecular weight excluding hydrogens is 344 g/mol. The third-order valence-electron chi connectivity index (χ3n) is 5.82. The van der Waals surface area contributed by atoms with Gasteiger partial charge in [-0.1, -0.05) is 95.7 Å². The lowest BCUT2D eigenvalue weighted by atomic mass is 9.74. The molecule has 2 nitrogen and oxygen atoms in total. The summed E-state index contributed by atoms with van der Waals surface area (Å²) in [6.45, 7) is 6.90. The van der Waals surface area contributed by atoms with Gasteiger partial charge >= 0.3 is 5.97 Å². The van der Waals surface area contributed by atoms with Crippen molar-refractivity contribution in [1.82, 2.24) is 0 Å². The molecule has 1 N–H and O–H groups in total. The number of carboxylic acids is 1. The van der Waals surface area contributed by atoms with Crippen LogP contribution in [-0.2, 0) is 6.42 Å². The van der Waals surface area contributed by atoms with Crippen LogP contribution in [0.2, 0.25) is 0 Å². The molecule has 0 heterocycles. The van der Waals surface area contributed by atoms with Crippen molar-refractivity contribution in [2.45, 2.75) is 78.6 Å². The molecule has 2 aromatic carbocycles. The average Bonchev–Trinajstić information content (AvgIpc) is 2.70. The second-order valence-electron chi connectivity index (χ2n) is 8.44. The van der Waals surface area contributed by atoms with Crippen molar-refractivity contribution in [3.8, 4) is 11.1 Å². The molecule has 152 valence electrons. The van der Waals surface area contributed by atoms with Crippen LogP contribution in [0.4, 0.5) is 0 Å². The van der Waals surface area contributed by atoms with Crippen molar-refractivity contribution in [1.29, 1.82) is 0 Å². The highest BCUT2D eigenvalue weighted by Crippen LogP contribution is 2.38. The first-order chi connectivity index (χ1) is 13.5. The van der Waals surface area contributed by atoms with Crippen LogP contribution in [-0.4, -0.2) is 11.1 Å². The van der Waals surface area contributed by atoms with E-state index in [-0.39, 0.29) is 5.41 Å². The van der Waals surface area contributed by atoms with Crippen LogP contribution in [0, 0.1) is 5.41 Å². The Balaban J connectivity index is 2.34. The number of hydrogen-bond donors (Lipinski definition) is 1. The zero-order valence-electron chi connectivity index (χ0n) is 17.8. The quantitative estimate of drug-likeness (QED) is 0.382. The second kappa shape index (κ2) is 11.0. The molecule has 2 aromatic rings. The largest absolute Gasteiger partial charge is 0.478 e. The van der Waals surface area contributed by atoms with Gasteiger partial charge in [-0.05, 0) is 53.5 Å². The number of benzene rings is 2. The summed E-state index contributed by atoms with van der Waals surface area (Å²) in [5, 5.41) is 9.51. The lowest BCUT2D eigenvalue weighted by Crippen LogP contribution is -2.20. The lowest BCUT2D eigenvalue weighted by molar-refractivity contribution is 0.0696. The molecule has 1 atom stereocenters. The maximum Gasteiger partial charge on any atom is 0.335 e. The Morgan fingerprint density at radius 3 is 2.21 bits per heavy atom. The molecule has 1 unspecified atom stereocenters. The molecule has 2 rings (SSSR count). The minimum Gasteiger partial charge on any atom is -0.478 e. The molecule has 0 amide bonds. The molecule has 0 aliphatic rings. The van der Waals surface area contributed by atoms with Gasteiger partial charge in [0, 0.05) is 0 Å². The van der Waals surface area contributed by atoms with E-state index in [2.05, 4.69) is 32.9 Å². The summed E-state index contributed by atoms with van der Waals surface area (Å²) < 4.78 is 0. The van der Waals surface area contributed by atoms with E-state index in [4.69, 9.17) is 0 Å². The van der Waals surface area contributed by atoms with Crippen LogP contribution in [0.25, 0.3) is 11.1 Å². The summed E-state index contributed by atoms with van der Waals surface area (Å²) >= 11 is 0. The van der Waals surface area contributed by atoms with E-state index in [1.807, 2.05) is 30.3 Å². The van der Waals surface area contributed by atoms with Crippen molar-refractivity contribution in [3.05, 3.63) is 59.7 Å². The van der Waals surface area contributed by atoms with Gasteiger partial charge < -0.3 is 5.11 Å². The molecule has 0 saturated heterocycles. The monoisotopic (exact) mass is 380 g/mol. The average molecular weight is 381 g/mol. The molecule has 0 bridgehead atoms. The van der Waals surface area contributed by atoms with Gasteiger partial charge in [0.25, 0.3) is 0 Å². The van der Waals surface area contributed by atoms with Crippen molar-refractivity contribution in [2.24, 2.45) is 5.41 Å². The highest BCUT2D eigenvalue weighted by atomic mass is 16.4. The van der Waals surface area contributed by atoms with E-state index in [1.54, 1.807) is 6.07 Å². The minimum absolute atomic E-state index is 0.213. The highest BCUT2D eigenvalue weighted by molar-refractivity contribution is 5.89. The lowest BCUT2D eigenvalue weighted by Gasteiger charge is -2.31. The number of carbonyl (C=O) groups is 1. The fourth-order valence-corrected chi connectivity index (χ4v) is 4.12. The standard InChI is InChI=1S/C26H36O2/c1-4-6-8-12-18-26(3,17-7-5-2)20-23-19-22(25(27)28)15-16-24(23)21-13-10-9-11-14-21/h9-11,13-16,19H,4-8,12,17-18,20H2,1-3H3,(H,27,28). The number of rotatable bonds is 12. The Labute approximate surface area is 171 Å². The third kappa shape index (κ3) is 6.51. The van der Waals surface area contributed by atoms with Gasteiger partial charge in [-0.15, -0.1) is 0 Å². The Kier molecular flexibility index (Phi) is 8.76. The normalized spacial score (nSPS) is 13.2. The van der Waals surface area contributed by atoms with Crippen LogP contribution < -0.4 is 0 Å². The van der Waals surface area contributed by atoms with E-state index >= 15 is 0 Å². The number of aromatic carboxylic acids is 1. The van der Waals surface area contributed by atoms with Crippen molar-refractivity contribution in [2.75, 3.05) is 0 Å². The van der Waals surface area contributed by atoms with Crippen molar-refractivity contribution >= 4 is 5.97 Å². The molecule has 0 fully saturated rings. The second-order valence-corrected chi connectivity index (χ2v) is 8.44. The van der Waals surface area contributed by atoms with Crippen LogP contribution >= 0.6 is 0 Å².